The highest BCUT2D eigenvalue weighted by molar-refractivity contribution is 6.48. The highest BCUT2D eigenvalue weighted by atomic mass is 19.1. The maximum Gasteiger partial charge on any atom is 0.274 e. The first kappa shape index (κ1) is 26.0. The molecule has 0 aliphatic carbocycles. The number of aromatic nitrogens is 2. The third-order valence-corrected chi connectivity index (χ3v) is 6.23. The van der Waals surface area contributed by atoms with Gasteiger partial charge in [0.15, 0.2) is 11.6 Å². The lowest BCUT2D eigenvalue weighted by Gasteiger charge is -2.26. The van der Waals surface area contributed by atoms with Gasteiger partial charge in [0.05, 0.1) is 25.1 Å². The highest BCUT2D eigenvalue weighted by Crippen LogP contribution is 2.26. The molecule has 39 heavy (non-hydrogen) atoms. The third kappa shape index (κ3) is 6.43. The fraction of sp³-hybridized carbons (Fsp3) is 0.172. The zero-order valence-corrected chi connectivity index (χ0v) is 21.1. The molecule has 1 fully saturated rings. The zero-order valence-electron chi connectivity index (χ0n) is 21.1. The summed E-state index contributed by atoms with van der Waals surface area (Å²) < 4.78 is 24.7. The maximum atomic E-state index is 13.8. The van der Waals surface area contributed by atoms with E-state index in [0.717, 1.165) is 49.5 Å². The fourth-order valence-electron chi connectivity index (χ4n) is 4.17. The van der Waals surface area contributed by atoms with Gasteiger partial charge in [0.1, 0.15) is 5.71 Å². The molecule has 1 amide bonds. The minimum atomic E-state index is -0.650. The number of anilines is 2. The molecule has 2 aromatic carbocycles. The van der Waals surface area contributed by atoms with Crippen LogP contribution in [0.1, 0.15) is 11.1 Å². The molecule has 2 aromatic heterocycles. The van der Waals surface area contributed by atoms with Crippen LogP contribution >= 0.6 is 0 Å². The van der Waals surface area contributed by atoms with Gasteiger partial charge in [-0.2, -0.15) is 0 Å². The van der Waals surface area contributed by atoms with Gasteiger partial charge < -0.3 is 20.5 Å². The second kappa shape index (κ2) is 11.8. The second-order valence-corrected chi connectivity index (χ2v) is 9.02. The van der Waals surface area contributed by atoms with Crippen LogP contribution in [0.3, 0.4) is 0 Å². The lowest BCUT2D eigenvalue weighted by molar-refractivity contribution is -0.110. The van der Waals surface area contributed by atoms with Crippen LogP contribution in [0.5, 0.6) is 11.6 Å². The number of pyridine rings is 2. The van der Waals surface area contributed by atoms with E-state index in [1.54, 1.807) is 36.5 Å². The molecule has 0 spiro atoms. The Morgan fingerprint density at radius 3 is 2.64 bits per heavy atom. The van der Waals surface area contributed by atoms with Crippen molar-refractivity contribution in [3.63, 3.8) is 0 Å². The van der Waals surface area contributed by atoms with Gasteiger partial charge in [-0.3, -0.25) is 20.1 Å². The minimum Gasteiger partial charge on any atom is -0.436 e. The molecule has 1 aliphatic heterocycles. The van der Waals surface area contributed by atoms with E-state index in [0.29, 0.717) is 16.9 Å². The van der Waals surface area contributed by atoms with Gasteiger partial charge in [-0.1, -0.05) is 18.2 Å². The number of hydrogen-bond acceptors (Lipinski definition) is 8. The SMILES string of the molecule is N=C(C(=O)Nc1ccc(Oc2ccccc2F)nc1)c1cc(-c2cncc(CN3CCOCC3)c2)ccc1N. The summed E-state index contributed by atoms with van der Waals surface area (Å²) >= 11 is 0. The van der Waals surface area contributed by atoms with Gasteiger partial charge in [-0.25, -0.2) is 9.37 Å². The quantitative estimate of drug-likeness (QED) is 0.228. The average molecular weight is 527 g/mol. The van der Waals surface area contributed by atoms with E-state index >= 15 is 0 Å². The molecule has 3 heterocycles. The molecule has 9 nitrogen and oxygen atoms in total. The number of carbonyl (C=O) groups is 1. The first-order valence-electron chi connectivity index (χ1n) is 12.4. The standard InChI is InChI=1S/C29H27FN6O3/c30-24-3-1-2-4-26(24)39-27-8-6-22(17-34-27)35-29(37)28(32)23-14-20(5-7-25(23)31)21-13-19(15-33-16-21)18-36-9-11-38-12-10-36/h1-8,13-17,32H,9-12,18,31H2,(H,35,37). The van der Waals surface area contributed by atoms with Crippen LogP contribution in [0.4, 0.5) is 15.8 Å². The number of benzene rings is 2. The molecule has 0 unspecified atom stereocenters. The van der Waals surface area contributed by atoms with E-state index in [2.05, 4.69) is 26.3 Å². The molecular formula is C29H27FN6O3. The topological polar surface area (TPSA) is 126 Å². The molecule has 5 rings (SSSR count). The highest BCUT2D eigenvalue weighted by Gasteiger charge is 2.17. The Kier molecular flexibility index (Phi) is 7.86. The smallest absolute Gasteiger partial charge is 0.274 e. The molecule has 198 valence electrons. The van der Waals surface area contributed by atoms with Gasteiger partial charge in [0, 0.05) is 54.9 Å². The summed E-state index contributed by atoms with van der Waals surface area (Å²) in [5, 5.41) is 11.1. The zero-order chi connectivity index (χ0) is 27.2. The van der Waals surface area contributed by atoms with Gasteiger partial charge in [-0.15, -0.1) is 0 Å². The number of carbonyl (C=O) groups excluding carboxylic acids is 1. The molecule has 0 bridgehead atoms. The van der Waals surface area contributed by atoms with Crippen molar-refractivity contribution >= 4 is 23.0 Å². The summed E-state index contributed by atoms with van der Waals surface area (Å²) in [6, 6.07) is 16.3. The van der Waals surface area contributed by atoms with E-state index < -0.39 is 11.7 Å². The second-order valence-electron chi connectivity index (χ2n) is 9.02. The Bertz CT molecular complexity index is 1490. The lowest BCUT2D eigenvalue weighted by Crippen LogP contribution is -2.35. The van der Waals surface area contributed by atoms with Crippen molar-refractivity contribution in [2.45, 2.75) is 6.54 Å². The van der Waals surface area contributed by atoms with Crippen LogP contribution in [0, 0.1) is 11.2 Å². The lowest BCUT2D eigenvalue weighted by atomic mass is 9.99. The van der Waals surface area contributed by atoms with E-state index in [1.807, 2.05) is 12.3 Å². The number of nitrogens with two attached hydrogens (primary N) is 1. The number of nitrogen functional groups attached to an aromatic ring is 1. The van der Waals surface area contributed by atoms with Gasteiger partial charge in [0.2, 0.25) is 5.88 Å². The predicted molar refractivity (Wildman–Crippen MR) is 146 cm³/mol. The normalized spacial score (nSPS) is 13.6. The first-order chi connectivity index (χ1) is 19.0. The molecule has 4 N–H and O–H groups in total. The number of amides is 1. The summed E-state index contributed by atoms with van der Waals surface area (Å²) in [4.78, 5) is 23.7. The Morgan fingerprint density at radius 1 is 1.05 bits per heavy atom. The Hall–Kier alpha value is -4.67. The summed E-state index contributed by atoms with van der Waals surface area (Å²) in [6.45, 7) is 3.96. The number of ether oxygens (including phenoxy) is 2. The maximum absolute atomic E-state index is 13.8. The van der Waals surface area contributed by atoms with Crippen molar-refractivity contribution in [3.8, 4) is 22.8 Å². The van der Waals surface area contributed by atoms with Crippen molar-refractivity contribution < 1.29 is 18.7 Å². The van der Waals surface area contributed by atoms with Gasteiger partial charge >= 0.3 is 0 Å². The number of halogens is 1. The molecule has 1 saturated heterocycles. The predicted octanol–water partition coefficient (Wildman–Crippen LogP) is 4.50. The number of nitrogens with one attached hydrogen (secondary N) is 2. The van der Waals surface area contributed by atoms with Crippen molar-refractivity contribution in [1.82, 2.24) is 14.9 Å². The van der Waals surface area contributed by atoms with Crippen LogP contribution < -0.4 is 15.8 Å². The Labute approximate surface area is 224 Å². The summed E-state index contributed by atoms with van der Waals surface area (Å²) in [7, 11) is 0. The first-order valence-corrected chi connectivity index (χ1v) is 12.4. The number of nitrogens with zero attached hydrogens (tertiary/aromatic N) is 3. The monoisotopic (exact) mass is 526 g/mol. The average Bonchev–Trinajstić information content (AvgIpc) is 2.96. The molecule has 4 aromatic rings. The van der Waals surface area contributed by atoms with E-state index in [1.165, 1.54) is 24.4 Å². The van der Waals surface area contributed by atoms with Crippen LogP contribution in [-0.4, -0.2) is 52.8 Å². The number of morpholine rings is 1. The van der Waals surface area contributed by atoms with Crippen molar-refractivity contribution in [2.24, 2.45) is 0 Å². The van der Waals surface area contributed by atoms with E-state index in [-0.39, 0.29) is 17.3 Å². The largest absolute Gasteiger partial charge is 0.436 e. The van der Waals surface area contributed by atoms with Gasteiger partial charge in [0.25, 0.3) is 5.91 Å². The molecular weight excluding hydrogens is 499 g/mol. The molecule has 10 heteroatoms. The Balaban J connectivity index is 1.27. The minimum absolute atomic E-state index is 0.0424. The van der Waals surface area contributed by atoms with E-state index in [9.17, 15) is 9.18 Å². The van der Waals surface area contributed by atoms with Crippen molar-refractivity contribution in [1.29, 1.82) is 5.41 Å². The van der Waals surface area contributed by atoms with Crippen LogP contribution in [0.25, 0.3) is 11.1 Å². The molecule has 0 atom stereocenters. The van der Waals surface area contributed by atoms with Gasteiger partial charge in [-0.05, 0) is 47.5 Å². The third-order valence-electron chi connectivity index (χ3n) is 6.23. The fourth-order valence-corrected chi connectivity index (χ4v) is 4.17. The van der Waals surface area contributed by atoms with E-state index in [4.69, 9.17) is 20.6 Å². The van der Waals surface area contributed by atoms with Crippen LogP contribution in [0.15, 0.2) is 79.3 Å². The van der Waals surface area contributed by atoms with Crippen molar-refractivity contribution in [2.75, 3.05) is 37.4 Å². The number of rotatable bonds is 8. The summed E-state index contributed by atoms with van der Waals surface area (Å²) in [5.41, 5.74) is 9.54. The van der Waals surface area contributed by atoms with Crippen LogP contribution in [0.2, 0.25) is 0 Å². The number of para-hydroxylation sites is 1. The van der Waals surface area contributed by atoms with Crippen LogP contribution in [-0.2, 0) is 16.1 Å². The summed E-state index contributed by atoms with van der Waals surface area (Å²) in [5.74, 6) is -0.956. The van der Waals surface area contributed by atoms with Crippen molar-refractivity contribution in [3.05, 3.63) is 96.2 Å². The molecule has 0 radical (unpaired) electrons. The number of hydrogen-bond donors (Lipinski definition) is 3. The summed E-state index contributed by atoms with van der Waals surface area (Å²) in [6.07, 6.45) is 4.96. The molecule has 0 saturated carbocycles. The molecule has 1 aliphatic rings. The Morgan fingerprint density at radius 2 is 1.87 bits per heavy atom.